The van der Waals surface area contributed by atoms with Gasteiger partial charge in [0.25, 0.3) is 0 Å². The molecule has 4 heteroatoms. The van der Waals surface area contributed by atoms with Crippen LogP contribution in [0, 0.1) is 0 Å². The van der Waals surface area contributed by atoms with Crippen molar-refractivity contribution in [2.75, 3.05) is 26.0 Å². The first-order valence-corrected chi connectivity index (χ1v) is 7.82. The van der Waals surface area contributed by atoms with E-state index in [1.165, 1.54) is 29.7 Å². The number of rotatable bonds is 2. The monoisotopic (exact) mass is 265 g/mol. The minimum absolute atomic E-state index is 0.469. The first-order valence-electron chi connectivity index (χ1n) is 6.60. The van der Waals surface area contributed by atoms with E-state index in [9.17, 15) is 0 Å². The van der Waals surface area contributed by atoms with Gasteiger partial charge in [0.1, 0.15) is 13.2 Å². The van der Waals surface area contributed by atoms with Crippen molar-refractivity contribution in [2.45, 2.75) is 30.2 Å². The summed E-state index contributed by atoms with van der Waals surface area (Å²) in [6.07, 6.45) is 5.92. The summed E-state index contributed by atoms with van der Waals surface area (Å²) in [6.45, 7) is 2.43. The van der Waals surface area contributed by atoms with E-state index in [-0.39, 0.29) is 0 Å². The van der Waals surface area contributed by atoms with E-state index in [1.807, 2.05) is 0 Å². The Morgan fingerprint density at radius 2 is 2.11 bits per heavy atom. The van der Waals surface area contributed by atoms with Gasteiger partial charge in [0.05, 0.1) is 4.90 Å². The summed E-state index contributed by atoms with van der Waals surface area (Å²) in [5, 5.41) is 3.61. The molecule has 1 N–H and O–H groups in total. The normalized spacial score (nSPS) is 22.8. The lowest BCUT2D eigenvalue weighted by Gasteiger charge is -2.28. The van der Waals surface area contributed by atoms with Crippen LogP contribution in [0.3, 0.4) is 0 Å². The van der Waals surface area contributed by atoms with Crippen LogP contribution in [0.5, 0.6) is 11.5 Å². The minimum atomic E-state index is 0.469. The Labute approximate surface area is 112 Å². The topological polar surface area (TPSA) is 30.5 Å². The third kappa shape index (κ3) is 2.19. The highest BCUT2D eigenvalue weighted by Gasteiger charge is 2.24. The molecule has 18 heavy (non-hydrogen) atoms. The average Bonchev–Trinajstić information content (AvgIpc) is 2.47. The van der Waals surface area contributed by atoms with Crippen molar-refractivity contribution in [1.29, 1.82) is 0 Å². The molecule has 0 aromatic heterocycles. The predicted octanol–water partition coefficient (Wildman–Crippen LogP) is 2.99. The summed E-state index contributed by atoms with van der Waals surface area (Å²) in [5.74, 6) is 1.84. The number of ether oxygens (including phenoxy) is 2. The van der Waals surface area contributed by atoms with Crippen molar-refractivity contribution in [3.8, 4) is 11.5 Å². The smallest absolute Gasteiger partial charge is 0.175 e. The fourth-order valence-corrected chi connectivity index (χ4v) is 3.50. The molecular weight excluding hydrogens is 246 g/mol. The molecule has 0 radical (unpaired) electrons. The number of hydrogen-bond donors (Lipinski definition) is 1. The van der Waals surface area contributed by atoms with Gasteiger partial charge in [-0.25, -0.2) is 0 Å². The maximum atomic E-state index is 5.80. The van der Waals surface area contributed by atoms with Gasteiger partial charge in [-0.2, -0.15) is 0 Å². The van der Waals surface area contributed by atoms with Gasteiger partial charge in [0, 0.05) is 6.04 Å². The molecule has 1 aromatic carbocycles. The Balaban J connectivity index is 1.98. The maximum Gasteiger partial charge on any atom is 0.175 e. The van der Waals surface area contributed by atoms with Crippen molar-refractivity contribution in [3.63, 3.8) is 0 Å². The summed E-state index contributed by atoms with van der Waals surface area (Å²) in [4.78, 5) is 1.24. The predicted molar refractivity (Wildman–Crippen MR) is 73.8 cm³/mol. The Morgan fingerprint density at radius 3 is 2.89 bits per heavy atom. The second-order valence-electron chi connectivity index (χ2n) is 4.71. The van der Waals surface area contributed by atoms with Crippen molar-refractivity contribution in [1.82, 2.24) is 5.32 Å². The van der Waals surface area contributed by atoms with Crippen LogP contribution >= 0.6 is 11.8 Å². The molecular formula is C14H19NO2S. The highest BCUT2D eigenvalue weighted by atomic mass is 32.2. The number of hydrogen-bond acceptors (Lipinski definition) is 4. The fraction of sp³-hybridized carbons (Fsp3) is 0.571. The lowest BCUT2D eigenvalue weighted by atomic mass is 9.97. The molecule has 98 valence electrons. The van der Waals surface area contributed by atoms with Crippen LogP contribution in [0.15, 0.2) is 17.0 Å². The van der Waals surface area contributed by atoms with Gasteiger partial charge in [-0.05, 0) is 37.3 Å². The molecule has 0 spiro atoms. The van der Waals surface area contributed by atoms with Gasteiger partial charge in [-0.15, -0.1) is 11.8 Å². The van der Waals surface area contributed by atoms with Gasteiger partial charge in [0.2, 0.25) is 0 Å². The summed E-state index contributed by atoms with van der Waals surface area (Å²) in [5.41, 5.74) is 1.37. The molecule has 1 unspecified atom stereocenters. The van der Waals surface area contributed by atoms with E-state index >= 15 is 0 Å². The highest BCUT2D eigenvalue weighted by molar-refractivity contribution is 7.98. The zero-order valence-electron chi connectivity index (χ0n) is 10.7. The Hall–Kier alpha value is -0.870. The molecule has 0 aliphatic carbocycles. The molecule has 1 atom stereocenters. The van der Waals surface area contributed by atoms with Gasteiger partial charge in [0.15, 0.2) is 11.5 Å². The van der Waals surface area contributed by atoms with Crippen LogP contribution < -0.4 is 14.8 Å². The van der Waals surface area contributed by atoms with E-state index in [2.05, 4.69) is 23.7 Å². The number of piperidine rings is 1. The largest absolute Gasteiger partial charge is 0.486 e. The molecule has 0 saturated carbocycles. The number of nitrogens with one attached hydrogen (secondary N) is 1. The molecule has 2 heterocycles. The number of thioether (sulfide) groups is 1. The van der Waals surface area contributed by atoms with Crippen LogP contribution in [-0.2, 0) is 0 Å². The van der Waals surface area contributed by atoms with Gasteiger partial charge < -0.3 is 14.8 Å². The molecule has 1 fully saturated rings. The third-order valence-corrected chi connectivity index (χ3v) is 4.41. The summed E-state index contributed by atoms with van der Waals surface area (Å²) in [6, 6.07) is 4.72. The molecule has 3 nitrogen and oxygen atoms in total. The molecule has 0 bridgehead atoms. The van der Waals surface area contributed by atoms with Gasteiger partial charge >= 0.3 is 0 Å². The minimum Gasteiger partial charge on any atom is -0.486 e. The standard InChI is InChI=1S/C14H19NO2S/c1-18-14-10(11-4-2-3-7-15-11)5-6-12-13(14)17-9-8-16-12/h5-6,11,15H,2-4,7-9H2,1H3. The first kappa shape index (κ1) is 12.2. The van der Waals surface area contributed by atoms with Crippen LogP contribution in [0.1, 0.15) is 30.9 Å². The second-order valence-corrected chi connectivity index (χ2v) is 5.53. The summed E-state index contributed by atoms with van der Waals surface area (Å²) < 4.78 is 11.5. The maximum absolute atomic E-state index is 5.80. The van der Waals surface area contributed by atoms with Crippen LogP contribution in [-0.4, -0.2) is 26.0 Å². The first-order chi connectivity index (χ1) is 8.90. The van der Waals surface area contributed by atoms with E-state index < -0.39 is 0 Å². The second kappa shape index (κ2) is 5.41. The van der Waals surface area contributed by atoms with Crippen molar-refractivity contribution in [2.24, 2.45) is 0 Å². The molecule has 2 aliphatic heterocycles. The van der Waals surface area contributed by atoms with E-state index in [0.717, 1.165) is 18.0 Å². The van der Waals surface area contributed by atoms with Crippen LogP contribution in [0.4, 0.5) is 0 Å². The lowest BCUT2D eigenvalue weighted by molar-refractivity contribution is 0.166. The van der Waals surface area contributed by atoms with Crippen molar-refractivity contribution >= 4 is 11.8 Å². The molecule has 1 saturated heterocycles. The van der Waals surface area contributed by atoms with Crippen LogP contribution in [0.25, 0.3) is 0 Å². The van der Waals surface area contributed by atoms with Crippen molar-refractivity contribution < 1.29 is 9.47 Å². The van der Waals surface area contributed by atoms with Crippen molar-refractivity contribution in [3.05, 3.63) is 17.7 Å². The molecule has 0 amide bonds. The third-order valence-electron chi connectivity index (χ3n) is 3.58. The van der Waals surface area contributed by atoms with E-state index in [1.54, 1.807) is 11.8 Å². The summed E-state index contributed by atoms with van der Waals surface area (Å²) in [7, 11) is 0. The highest BCUT2D eigenvalue weighted by Crippen LogP contribution is 2.44. The Bertz CT molecular complexity index is 430. The average molecular weight is 265 g/mol. The zero-order chi connectivity index (χ0) is 12.4. The van der Waals surface area contributed by atoms with E-state index in [0.29, 0.717) is 19.3 Å². The SMILES string of the molecule is CSc1c(C2CCCCN2)ccc2c1OCCO2. The number of benzene rings is 1. The Morgan fingerprint density at radius 1 is 1.22 bits per heavy atom. The quantitative estimate of drug-likeness (QED) is 0.833. The molecule has 1 aromatic rings. The van der Waals surface area contributed by atoms with Crippen LogP contribution in [0.2, 0.25) is 0 Å². The summed E-state index contributed by atoms with van der Waals surface area (Å²) >= 11 is 1.76. The van der Waals surface area contributed by atoms with E-state index in [4.69, 9.17) is 9.47 Å². The molecule has 3 rings (SSSR count). The Kier molecular flexibility index (Phi) is 3.66. The van der Waals surface area contributed by atoms with Gasteiger partial charge in [-0.3, -0.25) is 0 Å². The van der Waals surface area contributed by atoms with Gasteiger partial charge in [-0.1, -0.05) is 12.5 Å². The zero-order valence-corrected chi connectivity index (χ0v) is 11.5. The fourth-order valence-electron chi connectivity index (χ4n) is 2.71. The lowest BCUT2D eigenvalue weighted by Crippen LogP contribution is -2.27. The number of fused-ring (bicyclic) bond motifs is 1. The molecule has 2 aliphatic rings.